The summed E-state index contributed by atoms with van der Waals surface area (Å²) >= 11 is 0. The van der Waals surface area contributed by atoms with E-state index in [2.05, 4.69) is 0 Å². The van der Waals surface area contributed by atoms with Gasteiger partial charge in [0.15, 0.2) is 0 Å². The lowest BCUT2D eigenvalue weighted by molar-refractivity contribution is -0.131. The maximum Gasteiger partial charge on any atom is 0.271 e. The van der Waals surface area contributed by atoms with Crippen LogP contribution in [0.3, 0.4) is 0 Å². The Hall–Kier alpha value is -2.63. The predicted octanol–water partition coefficient (Wildman–Crippen LogP) is 3.08. The van der Waals surface area contributed by atoms with Crippen molar-refractivity contribution in [3.8, 4) is 0 Å². The van der Waals surface area contributed by atoms with Gasteiger partial charge in [-0.3, -0.25) is 9.59 Å². The van der Waals surface area contributed by atoms with Crippen LogP contribution in [0.4, 0.5) is 4.39 Å². The number of amides is 2. The van der Waals surface area contributed by atoms with Crippen molar-refractivity contribution in [1.82, 2.24) is 14.4 Å². The third-order valence-corrected chi connectivity index (χ3v) is 5.48. The van der Waals surface area contributed by atoms with Crippen LogP contribution in [-0.2, 0) is 11.3 Å². The standard InChI is InChI=1S/C21H24FN3O2/c1-14(2)10-20(26)23-12-18-19(13-23)25(11-15-5-7-16(22)8-6-15)21(27)17-4-3-9-24(17)18/h3-9,14,18-19H,10-13H2,1-2H3/t18-,19+/m0/s1. The minimum absolute atomic E-state index is 0.0382. The molecule has 0 saturated carbocycles. The number of nitrogens with zero attached hydrogens (tertiary/aromatic N) is 3. The fraction of sp³-hybridized carbons (Fsp3) is 0.429. The molecular weight excluding hydrogens is 345 g/mol. The first-order valence-corrected chi connectivity index (χ1v) is 9.44. The number of carbonyl (C=O) groups is 2. The number of benzene rings is 1. The second-order valence-electron chi connectivity index (χ2n) is 7.89. The summed E-state index contributed by atoms with van der Waals surface area (Å²) in [6.07, 6.45) is 2.44. The number of likely N-dealkylation sites (tertiary alicyclic amines) is 1. The molecule has 0 aliphatic carbocycles. The van der Waals surface area contributed by atoms with Gasteiger partial charge in [-0.15, -0.1) is 0 Å². The Morgan fingerprint density at radius 1 is 1.15 bits per heavy atom. The first-order chi connectivity index (χ1) is 12.9. The van der Waals surface area contributed by atoms with Gasteiger partial charge in [0.05, 0.1) is 12.1 Å². The molecule has 3 heterocycles. The van der Waals surface area contributed by atoms with Gasteiger partial charge in [-0.25, -0.2) is 4.39 Å². The van der Waals surface area contributed by atoms with E-state index >= 15 is 0 Å². The third-order valence-electron chi connectivity index (χ3n) is 5.48. The molecule has 2 aliphatic heterocycles. The van der Waals surface area contributed by atoms with E-state index in [-0.39, 0.29) is 29.7 Å². The quantitative estimate of drug-likeness (QED) is 0.831. The van der Waals surface area contributed by atoms with Crippen LogP contribution in [0.15, 0.2) is 42.6 Å². The highest BCUT2D eigenvalue weighted by Crippen LogP contribution is 2.35. The topological polar surface area (TPSA) is 45.6 Å². The number of fused-ring (bicyclic) bond motifs is 3. The molecule has 4 rings (SSSR count). The number of carbonyl (C=O) groups excluding carboxylic acids is 2. The Morgan fingerprint density at radius 3 is 2.56 bits per heavy atom. The minimum atomic E-state index is -0.290. The van der Waals surface area contributed by atoms with Crippen LogP contribution < -0.4 is 0 Å². The van der Waals surface area contributed by atoms with E-state index in [0.717, 1.165) is 5.56 Å². The molecule has 0 radical (unpaired) electrons. The van der Waals surface area contributed by atoms with Crippen molar-refractivity contribution in [3.05, 3.63) is 59.7 Å². The lowest BCUT2D eigenvalue weighted by Crippen LogP contribution is -2.49. The second kappa shape index (κ2) is 6.83. The highest BCUT2D eigenvalue weighted by molar-refractivity contribution is 5.94. The van der Waals surface area contributed by atoms with Crippen LogP contribution in [0.5, 0.6) is 0 Å². The molecule has 142 valence electrons. The Kier molecular flexibility index (Phi) is 4.50. The molecule has 2 atom stereocenters. The molecule has 0 unspecified atom stereocenters. The summed E-state index contributed by atoms with van der Waals surface area (Å²) in [4.78, 5) is 29.4. The first kappa shape index (κ1) is 17.8. The lowest BCUT2D eigenvalue weighted by atomic mass is 10.0. The van der Waals surface area contributed by atoms with Gasteiger partial charge >= 0.3 is 0 Å². The average Bonchev–Trinajstić information content (AvgIpc) is 3.26. The Bertz CT molecular complexity index is 859. The molecule has 1 saturated heterocycles. The zero-order valence-electron chi connectivity index (χ0n) is 15.6. The molecule has 27 heavy (non-hydrogen) atoms. The van der Waals surface area contributed by atoms with E-state index in [0.29, 0.717) is 37.7 Å². The number of rotatable bonds is 4. The summed E-state index contributed by atoms with van der Waals surface area (Å²) in [6.45, 7) is 5.65. The largest absolute Gasteiger partial charge is 0.338 e. The summed E-state index contributed by atoms with van der Waals surface area (Å²) in [5.74, 6) is 0.118. The highest BCUT2D eigenvalue weighted by Gasteiger charge is 2.46. The monoisotopic (exact) mass is 369 g/mol. The van der Waals surface area contributed by atoms with Gasteiger partial charge in [0, 0.05) is 32.3 Å². The van der Waals surface area contributed by atoms with E-state index in [1.807, 2.05) is 46.5 Å². The molecule has 0 N–H and O–H groups in total. The van der Waals surface area contributed by atoms with Crippen molar-refractivity contribution in [2.45, 2.75) is 38.9 Å². The number of aromatic nitrogens is 1. The van der Waals surface area contributed by atoms with Gasteiger partial charge in [-0.1, -0.05) is 26.0 Å². The van der Waals surface area contributed by atoms with E-state index in [1.54, 1.807) is 12.1 Å². The summed E-state index contributed by atoms with van der Waals surface area (Å²) in [6, 6.07) is 9.94. The van der Waals surface area contributed by atoms with Crippen molar-refractivity contribution in [2.75, 3.05) is 13.1 Å². The molecule has 0 bridgehead atoms. The average molecular weight is 369 g/mol. The van der Waals surface area contributed by atoms with Crippen molar-refractivity contribution in [1.29, 1.82) is 0 Å². The van der Waals surface area contributed by atoms with Crippen LogP contribution in [-0.4, -0.2) is 45.3 Å². The normalized spacial score (nSPS) is 21.6. The number of halogens is 1. The van der Waals surface area contributed by atoms with E-state index in [9.17, 15) is 14.0 Å². The lowest BCUT2D eigenvalue weighted by Gasteiger charge is -2.38. The van der Waals surface area contributed by atoms with Crippen molar-refractivity contribution >= 4 is 11.8 Å². The van der Waals surface area contributed by atoms with Crippen molar-refractivity contribution in [3.63, 3.8) is 0 Å². The summed E-state index contributed by atoms with van der Waals surface area (Å²) in [7, 11) is 0. The number of hydrogen-bond donors (Lipinski definition) is 0. The molecule has 0 spiro atoms. The van der Waals surface area contributed by atoms with Crippen LogP contribution in [0.25, 0.3) is 0 Å². The third kappa shape index (κ3) is 3.24. The Balaban J connectivity index is 1.62. The summed E-state index contributed by atoms with van der Waals surface area (Å²) < 4.78 is 15.2. The first-order valence-electron chi connectivity index (χ1n) is 9.44. The predicted molar refractivity (Wildman–Crippen MR) is 99.6 cm³/mol. The second-order valence-corrected chi connectivity index (χ2v) is 7.89. The van der Waals surface area contributed by atoms with Gasteiger partial charge in [0.2, 0.25) is 5.91 Å². The summed E-state index contributed by atoms with van der Waals surface area (Å²) in [5, 5.41) is 0. The van der Waals surface area contributed by atoms with Gasteiger partial charge in [0.1, 0.15) is 11.5 Å². The Morgan fingerprint density at radius 2 is 1.85 bits per heavy atom. The van der Waals surface area contributed by atoms with E-state index < -0.39 is 0 Å². The molecule has 1 aromatic carbocycles. The van der Waals surface area contributed by atoms with Crippen LogP contribution >= 0.6 is 0 Å². The van der Waals surface area contributed by atoms with E-state index in [1.165, 1.54) is 12.1 Å². The molecule has 1 fully saturated rings. The summed E-state index contributed by atoms with van der Waals surface area (Å²) in [5.41, 5.74) is 1.53. The highest BCUT2D eigenvalue weighted by atomic mass is 19.1. The maximum absolute atomic E-state index is 13.2. The fourth-order valence-corrected chi connectivity index (χ4v) is 4.17. The smallest absolute Gasteiger partial charge is 0.271 e. The van der Waals surface area contributed by atoms with Crippen LogP contribution in [0, 0.1) is 11.7 Å². The minimum Gasteiger partial charge on any atom is -0.338 e. The fourth-order valence-electron chi connectivity index (χ4n) is 4.17. The SMILES string of the molecule is CC(C)CC(=O)N1C[C@@H]2[C@H](C1)n1cccc1C(=O)N2Cc1ccc(F)cc1. The van der Waals surface area contributed by atoms with Crippen molar-refractivity contribution in [2.24, 2.45) is 5.92 Å². The van der Waals surface area contributed by atoms with Gasteiger partial charge in [-0.05, 0) is 35.7 Å². The van der Waals surface area contributed by atoms with Crippen molar-refractivity contribution < 1.29 is 14.0 Å². The zero-order chi connectivity index (χ0) is 19.1. The van der Waals surface area contributed by atoms with Gasteiger partial charge < -0.3 is 14.4 Å². The van der Waals surface area contributed by atoms with Gasteiger partial charge in [0.25, 0.3) is 5.91 Å². The number of hydrogen-bond acceptors (Lipinski definition) is 2. The maximum atomic E-state index is 13.2. The molecule has 2 aliphatic rings. The molecule has 5 nitrogen and oxygen atoms in total. The Labute approximate surface area is 158 Å². The molecule has 2 amide bonds. The molecule has 6 heteroatoms. The van der Waals surface area contributed by atoms with E-state index in [4.69, 9.17) is 0 Å². The molecular formula is C21H24FN3O2. The zero-order valence-corrected chi connectivity index (χ0v) is 15.6. The van der Waals surface area contributed by atoms with Gasteiger partial charge in [-0.2, -0.15) is 0 Å². The molecule has 1 aromatic heterocycles. The van der Waals surface area contributed by atoms with Crippen LogP contribution in [0.1, 0.15) is 42.4 Å². The molecule has 2 aromatic rings. The van der Waals surface area contributed by atoms with Crippen LogP contribution in [0.2, 0.25) is 0 Å².